The number of ether oxygens (including phenoxy) is 2. The Morgan fingerprint density at radius 3 is 2.50 bits per heavy atom. The topological polar surface area (TPSA) is 55.8 Å². The molecule has 0 aliphatic carbocycles. The summed E-state index contributed by atoms with van der Waals surface area (Å²) in [7, 11) is 0. The van der Waals surface area contributed by atoms with E-state index in [9.17, 15) is 4.79 Å². The molecule has 2 rings (SSSR count). The van der Waals surface area contributed by atoms with Gasteiger partial charge in [-0.3, -0.25) is 4.79 Å². The molecule has 1 atom stereocenters. The van der Waals surface area contributed by atoms with Crippen molar-refractivity contribution in [2.75, 3.05) is 0 Å². The van der Waals surface area contributed by atoms with Gasteiger partial charge in [-0.25, -0.2) is 0 Å². The molecule has 1 unspecified atom stereocenters. The van der Waals surface area contributed by atoms with E-state index >= 15 is 0 Å². The van der Waals surface area contributed by atoms with E-state index < -0.39 is 17.7 Å². The number of rotatable bonds is 3. The van der Waals surface area contributed by atoms with Gasteiger partial charge < -0.3 is 14.6 Å². The van der Waals surface area contributed by atoms with Crippen LogP contribution in [0, 0.1) is 5.92 Å². The quantitative estimate of drug-likeness (QED) is 0.930. The van der Waals surface area contributed by atoms with E-state index in [1.165, 1.54) is 0 Å². The maximum Gasteiger partial charge on any atom is 0.306 e. The van der Waals surface area contributed by atoms with Gasteiger partial charge in [0.25, 0.3) is 0 Å². The number of aliphatic carboxylic acids is 1. The van der Waals surface area contributed by atoms with Crippen LogP contribution in [-0.2, 0) is 11.2 Å². The number of hydrogen-bond acceptors (Lipinski definition) is 3. The van der Waals surface area contributed by atoms with Gasteiger partial charge >= 0.3 is 5.97 Å². The molecule has 5 heteroatoms. The number of carboxylic acids is 1. The minimum atomic E-state index is -0.806. The zero-order valence-corrected chi connectivity index (χ0v) is 12.1. The molecule has 0 aromatic heterocycles. The number of benzene rings is 1. The molecular formula is C13H15BrO4. The molecule has 0 radical (unpaired) electrons. The molecule has 1 N–H and O–H groups in total. The maximum atomic E-state index is 10.9. The first-order valence-electron chi connectivity index (χ1n) is 5.72. The largest absolute Gasteiger partial charge is 0.481 e. The fraction of sp³-hybridized carbons (Fsp3) is 0.462. The summed E-state index contributed by atoms with van der Waals surface area (Å²) in [6.07, 6.45) is 0.451. The molecule has 0 bridgehead atoms. The van der Waals surface area contributed by atoms with Crippen LogP contribution < -0.4 is 9.47 Å². The molecule has 0 amide bonds. The van der Waals surface area contributed by atoms with E-state index in [1.54, 1.807) is 6.92 Å². The van der Waals surface area contributed by atoms with Gasteiger partial charge in [0.05, 0.1) is 5.92 Å². The molecule has 0 saturated heterocycles. The molecule has 1 aromatic carbocycles. The van der Waals surface area contributed by atoms with E-state index in [-0.39, 0.29) is 0 Å². The van der Waals surface area contributed by atoms with Crippen LogP contribution in [0.5, 0.6) is 11.5 Å². The lowest BCUT2D eigenvalue weighted by Crippen LogP contribution is -2.29. The van der Waals surface area contributed by atoms with Gasteiger partial charge in [-0.1, -0.05) is 22.9 Å². The van der Waals surface area contributed by atoms with Crippen molar-refractivity contribution in [2.45, 2.75) is 33.0 Å². The van der Waals surface area contributed by atoms with Crippen molar-refractivity contribution in [1.82, 2.24) is 0 Å². The first-order valence-corrected chi connectivity index (χ1v) is 6.51. The third-order valence-corrected chi connectivity index (χ3v) is 3.51. The Kier molecular flexibility index (Phi) is 3.27. The van der Waals surface area contributed by atoms with Crippen LogP contribution in [0.4, 0.5) is 0 Å². The summed E-state index contributed by atoms with van der Waals surface area (Å²) in [6, 6.07) is 3.67. The Morgan fingerprint density at radius 2 is 1.94 bits per heavy atom. The monoisotopic (exact) mass is 314 g/mol. The van der Waals surface area contributed by atoms with Crippen molar-refractivity contribution in [3.63, 3.8) is 0 Å². The molecular weight excluding hydrogens is 300 g/mol. The molecule has 0 spiro atoms. The van der Waals surface area contributed by atoms with Crippen molar-refractivity contribution >= 4 is 21.9 Å². The predicted octanol–water partition coefficient (Wildman–Crippen LogP) is 3.22. The summed E-state index contributed by atoms with van der Waals surface area (Å²) in [5.74, 6) is -0.567. The van der Waals surface area contributed by atoms with E-state index in [4.69, 9.17) is 14.6 Å². The highest BCUT2D eigenvalue weighted by atomic mass is 79.9. The molecule has 1 aromatic rings. The van der Waals surface area contributed by atoms with Crippen LogP contribution in [-0.4, -0.2) is 16.9 Å². The Balaban J connectivity index is 2.28. The summed E-state index contributed by atoms with van der Waals surface area (Å²) < 4.78 is 12.1. The first-order chi connectivity index (χ1) is 8.28. The lowest BCUT2D eigenvalue weighted by atomic mass is 10.0. The number of hydrogen-bond donors (Lipinski definition) is 1. The van der Waals surface area contributed by atoms with Crippen LogP contribution in [0.3, 0.4) is 0 Å². The number of carbonyl (C=O) groups is 1. The highest BCUT2D eigenvalue weighted by molar-refractivity contribution is 9.10. The van der Waals surface area contributed by atoms with Gasteiger partial charge in [0.1, 0.15) is 0 Å². The average Bonchev–Trinajstić information content (AvgIpc) is 2.51. The Morgan fingerprint density at radius 1 is 1.39 bits per heavy atom. The molecule has 18 heavy (non-hydrogen) atoms. The Bertz CT molecular complexity index is 496. The second kappa shape index (κ2) is 4.46. The summed E-state index contributed by atoms with van der Waals surface area (Å²) in [4.78, 5) is 10.9. The predicted molar refractivity (Wildman–Crippen MR) is 70.0 cm³/mol. The van der Waals surface area contributed by atoms with Gasteiger partial charge in [0.15, 0.2) is 11.5 Å². The zero-order chi connectivity index (χ0) is 13.5. The third kappa shape index (κ3) is 2.61. The fourth-order valence-corrected chi connectivity index (χ4v) is 2.35. The van der Waals surface area contributed by atoms with Gasteiger partial charge in [-0.2, -0.15) is 0 Å². The minimum absolute atomic E-state index is 0.435. The van der Waals surface area contributed by atoms with Crippen molar-refractivity contribution in [1.29, 1.82) is 0 Å². The first kappa shape index (κ1) is 13.2. The molecule has 1 aliphatic rings. The summed E-state index contributed by atoms with van der Waals surface area (Å²) in [6.45, 7) is 5.35. The van der Waals surface area contributed by atoms with E-state index in [2.05, 4.69) is 15.9 Å². The van der Waals surface area contributed by atoms with E-state index in [1.807, 2.05) is 26.0 Å². The van der Waals surface area contributed by atoms with E-state index in [0.29, 0.717) is 17.9 Å². The van der Waals surface area contributed by atoms with Gasteiger partial charge in [-0.15, -0.1) is 0 Å². The zero-order valence-electron chi connectivity index (χ0n) is 10.5. The Hall–Kier alpha value is -1.23. The summed E-state index contributed by atoms with van der Waals surface area (Å²) in [5.41, 5.74) is 0.907. The molecule has 1 heterocycles. The van der Waals surface area contributed by atoms with Crippen LogP contribution in [0.1, 0.15) is 26.3 Å². The van der Waals surface area contributed by atoms with Gasteiger partial charge in [0, 0.05) is 18.3 Å². The lowest BCUT2D eigenvalue weighted by molar-refractivity contribution is -0.141. The summed E-state index contributed by atoms with van der Waals surface area (Å²) in [5, 5.41) is 8.94. The normalized spacial score (nSPS) is 17.6. The van der Waals surface area contributed by atoms with Crippen molar-refractivity contribution < 1.29 is 19.4 Å². The van der Waals surface area contributed by atoms with Crippen LogP contribution in [0.2, 0.25) is 0 Å². The smallest absolute Gasteiger partial charge is 0.306 e. The molecule has 0 saturated carbocycles. The molecule has 98 valence electrons. The van der Waals surface area contributed by atoms with Crippen LogP contribution in [0.25, 0.3) is 0 Å². The molecule has 1 aliphatic heterocycles. The Labute approximate surface area is 114 Å². The maximum absolute atomic E-state index is 10.9. The number of halogens is 1. The highest BCUT2D eigenvalue weighted by Gasteiger charge is 2.32. The number of fused-ring (bicyclic) bond motifs is 1. The standard InChI is InChI=1S/C13H15BrO4/c1-7(12(15)16)4-8-5-10-11(6-9(8)14)18-13(2,3)17-10/h5-7H,4H2,1-3H3,(H,15,16). The molecule has 0 fully saturated rings. The highest BCUT2D eigenvalue weighted by Crippen LogP contribution is 2.42. The second-order valence-electron chi connectivity index (χ2n) is 4.94. The van der Waals surface area contributed by atoms with E-state index in [0.717, 1.165) is 10.0 Å². The second-order valence-corrected chi connectivity index (χ2v) is 5.79. The molecule has 4 nitrogen and oxygen atoms in total. The average molecular weight is 315 g/mol. The van der Waals surface area contributed by atoms with Crippen molar-refractivity contribution in [2.24, 2.45) is 5.92 Å². The van der Waals surface area contributed by atoms with Gasteiger partial charge in [-0.05, 0) is 24.1 Å². The SMILES string of the molecule is CC(Cc1cc2c(cc1Br)OC(C)(C)O2)C(=O)O. The summed E-state index contributed by atoms with van der Waals surface area (Å²) >= 11 is 3.44. The third-order valence-electron chi connectivity index (χ3n) is 2.77. The minimum Gasteiger partial charge on any atom is -0.481 e. The van der Waals surface area contributed by atoms with Crippen LogP contribution in [0.15, 0.2) is 16.6 Å². The van der Waals surface area contributed by atoms with Gasteiger partial charge in [0.2, 0.25) is 5.79 Å². The van der Waals surface area contributed by atoms with Crippen molar-refractivity contribution in [3.05, 3.63) is 22.2 Å². The van der Waals surface area contributed by atoms with Crippen molar-refractivity contribution in [3.8, 4) is 11.5 Å². The van der Waals surface area contributed by atoms with Crippen LogP contribution >= 0.6 is 15.9 Å². The number of carboxylic acid groups (broad SMARTS) is 1. The lowest BCUT2D eigenvalue weighted by Gasteiger charge is -2.16. The fourth-order valence-electron chi connectivity index (χ4n) is 1.86.